The van der Waals surface area contributed by atoms with Gasteiger partial charge in [0.1, 0.15) is 11.5 Å². The minimum absolute atomic E-state index is 0.111. The number of likely N-dealkylation sites (tertiary alicyclic amines) is 1. The lowest BCUT2D eigenvalue weighted by atomic mass is 10.0. The molecular weight excluding hydrogens is 575 g/mol. The average Bonchev–Trinajstić information content (AvgIpc) is 3.39. The Morgan fingerprint density at radius 3 is 2.62 bits per heavy atom. The molecule has 3 atom stereocenters. The normalized spacial score (nSPS) is 22.6. The van der Waals surface area contributed by atoms with E-state index in [-0.39, 0.29) is 17.4 Å². The highest BCUT2D eigenvalue weighted by Gasteiger charge is 2.45. The van der Waals surface area contributed by atoms with Crippen molar-refractivity contribution in [1.29, 1.82) is 0 Å². The molecule has 2 bridgehead atoms. The first-order valence-electron chi connectivity index (χ1n) is 13.5. The van der Waals surface area contributed by atoms with Crippen molar-refractivity contribution in [3.05, 3.63) is 69.7 Å². The fourth-order valence-corrected chi connectivity index (χ4v) is 7.51. The van der Waals surface area contributed by atoms with Crippen molar-refractivity contribution in [1.82, 2.24) is 19.8 Å². The van der Waals surface area contributed by atoms with Crippen LogP contribution in [0.15, 0.2) is 47.2 Å². The van der Waals surface area contributed by atoms with Crippen LogP contribution in [0.1, 0.15) is 59.7 Å². The number of halogens is 2. The van der Waals surface area contributed by atoms with Crippen molar-refractivity contribution in [2.45, 2.75) is 56.8 Å². The lowest BCUT2D eigenvalue weighted by Crippen LogP contribution is -2.40. The molecule has 12 heteroatoms. The summed E-state index contributed by atoms with van der Waals surface area (Å²) >= 11 is 13.0. The molecule has 2 aromatic heterocycles. The zero-order valence-corrected chi connectivity index (χ0v) is 24.1. The number of piperidine rings is 1. The molecule has 1 amide bonds. The number of hydrogen-bond donors (Lipinski definition) is 1. The second-order valence-electron chi connectivity index (χ2n) is 10.8. The third kappa shape index (κ3) is 5.92. The summed E-state index contributed by atoms with van der Waals surface area (Å²) in [6, 6.07) is 8.87. The second kappa shape index (κ2) is 11.4. The molecule has 0 unspecified atom stereocenters. The maximum absolute atomic E-state index is 12.4. The van der Waals surface area contributed by atoms with Crippen LogP contribution in [0, 0.1) is 5.92 Å². The number of fused-ring (bicyclic) bond motifs is 2. The Balaban J connectivity index is 1.02. The SMILES string of the molecule is O=C(NS(=O)(=O)CCCN1C[C@@H]2C[C@H]1C[C@H]2OCc1c(-c2c(Cl)cccc2Cl)noc1C1CC1)c1cccnc1. The molecule has 40 heavy (non-hydrogen) atoms. The van der Waals surface area contributed by atoms with Gasteiger partial charge in [-0.2, -0.15) is 0 Å². The van der Waals surface area contributed by atoms with Crippen LogP contribution in [-0.4, -0.2) is 60.4 Å². The van der Waals surface area contributed by atoms with E-state index in [4.69, 9.17) is 32.5 Å². The Morgan fingerprint density at radius 1 is 1.15 bits per heavy atom. The van der Waals surface area contributed by atoms with Crippen molar-refractivity contribution in [2.75, 3.05) is 18.8 Å². The molecule has 0 radical (unpaired) electrons. The molecule has 1 aromatic carbocycles. The van der Waals surface area contributed by atoms with Crippen molar-refractivity contribution in [3.63, 3.8) is 0 Å². The number of nitrogens with zero attached hydrogens (tertiary/aromatic N) is 3. The zero-order valence-electron chi connectivity index (χ0n) is 21.8. The van der Waals surface area contributed by atoms with Gasteiger partial charge < -0.3 is 9.26 Å². The molecule has 1 N–H and O–H groups in total. The summed E-state index contributed by atoms with van der Waals surface area (Å²) < 4.78 is 39.2. The highest BCUT2D eigenvalue weighted by molar-refractivity contribution is 7.90. The van der Waals surface area contributed by atoms with Crippen molar-refractivity contribution < 1.29 is 22.5 Å². The van der Waals surface area contributed by atoms with Gasteiger partial charge in [0, 0.05) is 42.0 Å². The number of carbonyl (C=O) groups is 1. The van der Waals surface area contributed by atoms with Gasteiger partial charge in [0.05, 0.1) is 34.1 Å². The number of hydrogen-bond acceptors (Lipinski definition) is 8. The predicted octanol–water partition coefficient (Wildman–Crippen LogP) is 5.05. The molecule has 9 nitrogen and oxygen atoms in total. The van der Waals surface area contributed by atoms with Crippen LogP contribution in [0.3, 0.4) is 0 Å². The quantitative estimate of drug-likeness (QED) is 0.323. The van der Waals surface area contributed by atoms with E-state index < -0.39 is 15.9 Å². The molecule has 0 spiro atoms. The lowest BCUT2D eigenvalue weighted by molar-refractivity contribution is -0.0105. The summed E-state index contributed by atoms with van der Waals surface area (Å²) in [6.45, 7) is 1.90. The summed E-state index contributed by atoms with van der Waals surface area (Å²) in [4.78, 5) is 18.4. The molecule has 6 rings (SSSR count). The monoisotopic (exact) mass is 604 g/mol. The molecule has 3 aliphatic rings. The molecule has 3 aromatic rings. The van der Waals surface area contributed by atoms with E-state index in [1.165, 1.54) is 18.5 Å². The van der Waals surface area contributed by atoms with Crippen LogP contribution in [0.5, 0.6) is 0 Å². The Labute approximate surface area is 243 Å². The number of benzene rings is 1. The molecule has 3 fully saturated rings. The van der Waals surface area contributed by atoms with E-state index in [2.05, 4.69) is 19.8 Å². The molecule has 3 heterocycles. The largest absolute Gasteiger partial charge is 0.373 e. The summed E-state index contributed by atoms with van der Waals surface area (Å²) in [6.07, 6.45) is 7.48. The van der Waals surface area contributed by atoms with Gasteiger partial charge in [0.15, 0.2) is 0 Å². The minimum Gasteiger partial charge on any atom is -0.373 e. The van der Waals surface area contributed by atoms with Crippen LogP contribution in [0.25, 0.3) is 11.3 Å². The molecule has 2 aliphatic carbocycles. The van der Waals surface area contributed by atoms with E-state index in [0.29, 0.717) is 58.8 Å². The third-order valence-electron chi connectivity index (χ3n) is 8.03. The highest BCUT2D eigenvalue weighted by Crippen LogP contribution is 2.47. The smallest absolute Gasteiger partial charge is 0.266 e. The Kier molecular flexibility index (Phi) is 7.89. The number of carbonyl (C=O) groups excluding carboxylic acids is 1. The molecule has 2 saturated carbocycles. The van der Waals surface area contributed by atoms with Crippen molar-refractivity contribution in [2.24, 2.45) is 5.92 Å². The highest BCUT2D eigenvalue weighted by atomic mass is 35.5. The van der Waals surface area contributed by atoms with E-state index in [1.54, 1.807) is 24.3 Å². The number of nitrogens with one attached hydrogen (secondary N) is 1. The molecule has 1 saturated heterocycles. The number of amides is 1. The van der Waals surface area contributed by atoms with Gasteiger partial charge >= 0.3 is 0 Å². The van der Waals surface area contributed by atoms with E-state index in [0.717, 1.165) is 43.6 Å². The van der Waals surface area contributed by atoms with E-state index >= 15 is 0 Å². The minimum atomic E-state index is -3.73. The van der Waals surface area contributed by atoms with E-state index in [9.17, 15) is 13.2 Å². The van der Waals surface area contributed by atoms with Crippen LogP contribution >= 0.6 is 23.2 Å². The van der Waals surface area contributed by atoms with Gasteiger partial charge in [-0.15, -0.1) is 0 Å². The second-order valence-corrected chi connectivity index (χ2v) is 13.5. The lowest BCUT2D eigenvalue weighted by Gasteiger charge is -2.31. The summed E-state index contributed by atoms with van der Waals surface area (Å²) in [5.74, 6) is 0.835. The first kappa shape index (κ1) is 27.7. The van der Waals surface area contributed by atoms with Crippen LogP contribution in [-0.2, 0) is 21.4 Å². The summed E-state index contributed by atoms with van der Waals surface area (Å²) in [5, 5.41) is 5.41. The summed E-state index contributed by atoms with van der Waals surface area (Å²) in [7, 11) is -3.73. The van der Waals surface area contributed by atoms with Crippen LogP contribution in [0.2, 0.25) is 10.0 Å². The number of aromatic nitrogens is 2. The fourth-order valence-electron chi connectivity index (χ4n) is 5.92. The Morgan fingerprint density at radius 2 is 1.95 bits per heavy atom. The van der Waals surface area contributed by atoms with Gasteiger partial charge in [-0.3, -0.25) is 14.7 Å². The van der Waals surface area contributed by atoms with Crippen molar-refractivity contribution >= 4 is 39.1 Å². The number of rotatable bonds is 11. The van der Waals surface area contributed by atoms with Gasteiger partial charge in [0.2, 0.25) is 10.0 Å². The summed E-state index contributed by atoms with van der Waals surface area (Å²) in [5.41, 5.74) is 2.46. The Bertz CT molecular complexity index is 1480. The number of pyridine rings is 1. The first-order valence-corrected chi connectivity index (χ1v) is 15.9. The number of sulfonamides is 1. The fraction of sp³-hybridized carbons (Fsp3) is 0.464. The standard InChI is InChI=1S/C28H30Cl2N4O5S/c29-22-5-1-6-23(30)25(22)26-21(27(39-32-26)17-7-8-17)16-38-24-13-20-12-19(24)15-34(20)10-3-11-40(36,37)33-28(35)18-4-2-9-31-14-18/h1-2,4-6,9,14,17,19-20,24H,3,7-8,10-13,15-16H2,(H,33,35)/t19-,20-,24+/m0/s1. The van der Waals surface area contributed by atoms with Gasteiger partial charge in [-0.1, -0.05) is 34.4 Å². The average molecular weight is 606 g/mol. The number of ether oxygens (including phenoxy) is 1. The molecular formula is C28H30Cl2N4O5S. The van der Waals surface area contributed by atoms with Gasteiger partial charge in [0.25, 0.3) is 5.91 Å². The predicted molar refractivity (Wildman–Crippen MR) is 151 cm³/mol. The maximum atomic E-state index is 12.4. The third-order valence-corrected chi connectivity index (χ3v) is 9.98. The zero-order chi connectivity index (χ0) is 27.9. The first-order chi connectivity index (χ1) is 19.3. The van der Waals surface area contributed by atoms with Crippen LogP contribution < -0.4 is 4.72 Å². The molecule has 212 valence electrons. The molecule has 1 aliphatic heterocycles. The van der Waals surface area contributed by atoms with Crippen LogP contribution in [0.4, 0.5) is 0 Å². The maximum Gasteiger partial charge on any atom is 0.266 e. The topological polar surface area (TPSA) is 115 Å². The Hall–Kier alpha value is -2.50. The van der Waals surface area contributed by atoms with Crippen molar-refractivity contribution in [3.8, 4) is 11.3 Å². The van der Waals surface area contributed by atoms with E-state index in [1.807, 2.05) is 0 Å². The van der Waals surface area contributed by atoms with Gasteiger partial charge in [-0.25, -0.2) is 13.1 Å². The van der Waals surface area contributed by atoms with Gasteiger partial charge in [-0.05, 0) is 68.8 Å².